The van der Waals surface area contributed by atoms with Crippen LogP contribution in [0.25, 0.3) is 0 Å². The van der Waals surface area contributed by atoms with Gasteiger partial charge in [-0.3, -0.25) is 9.59 Å². The van der Waals surface area contributed by atoms with E-state index in [2.05, 4.69) is 15.2 Å². The van der Waals surface area contributed by atoms with Crippen LogP contribution >= 0.6 is 0 Å². The van der Waals surface area contributed by atoms with Crippen LogP contribution in [0, 0.1) is 0 Å². The van der Waals surface area contributed by atoms with Crippen molar-refractivity contribution in [1.82, 2.24) is 14.8 Å². The fourth-order valence-electron chi connectivity index (χ4n) is 6.29. The minimum Gasteiger partial charge on any atom is -0.492 e. The molecule has 3 aromatic rings. The number of nitrogens with one attached hydrogen (secondary N) is 1. The lowest BCUT2D eigenvalue weighted by Crippen LogP contribution is -2.45. The molecule has 1 N–H and O–H groups in total. The standard InChI is InChI=1S/C32H38N6O3/c1-4-41-29-19-22(31(39)38-17-13-23(14-18-38)37-15-7-8-16-37)11-12-25(29)34-30-20-27-28(21-33-30)36(3)32(40)24-9-5-6-10-26(24)35(27)2/h5-6,9-12,19-21,23H,4,7-8,13-18H2,1-3H3,(H,33,34). The molecule has 41 heavy (non-hydrogen) atoms. The SMILES string of the molecule is CCOc1cc(C(=O)N2CCC(N3CCCC3)CC2)ccc1Nc1cc2c(cn1)N(C)C(=O)c1ccccc1N2C. The van der Waals surface area contributed by atoms with E-state index in [1.165, 1.54) is 25.9 Å². The number of hydrogen-bond donors (Lipinski definition) is 1. The normalized spacial score (nSPS) is 17.7. The van der Waals surface area contributed by atoms with Crippen LogP contribution in [0.1, 0.15) is 53.3 Å². The molecule has 6 rings (SSSR count). The van der Waals surface area contributed by atoms with Crippen molar-refractivity contribution in [3.63, 3.8) is 0 Å². The molecule has 3 aliphatic heterocycles. The molecule has 2 saturated heterocycles. The molecular formula is C32H38N6O3. The van der Waals surface area contributed by atoms with Crippen molar-refractivity contribution >= 4 is 40.4 Å². The molecule has 214 valence electrons. The van der Waals surface area contributed by atoms with E-state index in [-0.39, 0.29) is 11.8 Å². The lowest BCUT2D eigenvalue weighted by molar-refractivity contribution is 0.0644. The maximum Gasteiger partial charge on any atom is 0.260 e. The Hall–Kier alpha value is -4.11. The van der Waals surface area contributed by atoms with E-state index in [0.29, 0.717) is 35.3 Å². The first kappa shape index (κ1) is 27.1. The van der Waals surface area contributed by atoms with Crippen molar-refractivity contribution in [3.8, 4) is 5.75 Å². The Balaban J connectivity index is 1.22. The molecule has 0 bridgehead atoms. The minimum atomic E-state index is -0.0760. The molecule has 0 atom stereocenters. The van der Waals surface area contributed by atoms with Crippen molar-refractivity contribution in [1.29, 1.82) is 0 Å². The van der Waals surface area contributed by atoms with Crippen LogP contribution in [0.4, 0.5) is 28.6 Å². The third kappa shape index (κ3) is 5.22. The Kier molecular flexibility index (Phi) is 7.53. The van der Waals surface area contributed by atoms with Gasteiger partial charge in [0, 0.05) is 44.9 Å². The number of para-hydroxylation sites is 1. The van der Waals surface area contributed by atoms with E-state index in [4.69, 9.17) is 4.74 Å². The summed E-state index contributed by atoms with van der Waals surface area (Å²) in [4.78, 5) is 39.4. The van der Waals surface area contributed by atoms with Gasteiger partial charge in [-0.1, -0.05) is 12.1 Å². The molecule has 1 aromatic heterocycles. The van der Waals surface area contributed by atoms with E-state index >= 15 is 0 Å². The number of anilines is 5. The second kappa shape index (κ2) is 11.4. The number of pyridine rings is 1. The molecule has 4 heterocycles. The first-order chi connectivity index (χ1) is 19.9. The van der Waals surface area contributed by atoms with Crippen LogP contribution in [0.5, 0.6) is 5.75 Å². The topological polar surface area (TPSA) is 81.2 Å². The molecule has 0 radical (unpaired) electrons. The molecule has 0 spiro atoms. The maximum absolute atomic E-state index is 13.4. The summed E-state index contributed by atoms with van der Waals surface area (Å²) in [6.45, 7) is 6.37. The molecule has 2 aromatic carbocycles. The first-order valence-electron chi connectivity index (χ1n) is 14.6. The molecule has 2 amide bonds. The van der Waals surface area contributed by atoms with Gasteiger partial charge in [-0.25, -0.2) is 4.98 Å². The maximum atomic E-state index is 13.4. The number of amides is 2. The van der Waals surface area contributed by atoms with Gasteiger partial charge in [0.1, 0.15) is 11.6 Å². The Bertz CT molecular complexity index is 1450. The van der Waals surface area contributed by atoms with Crippen LogP contribution in [0.15, 0.2) is 54.7 Å². The third-order valence-electron chi connectivity index (χ3n) is 8.58. The van der Waals surface area contributed by atoms with E-state index in [1.54, 1.807) is 18.1 Å². The van der Waals surface area contributed by atoms with E-state index in [1.807, 2.05) is 72.3 Å². The Morgan fingerprint density at radius 2 is 1.71 bits per heavy atom. The van der Waals surface area contributed by atoms with Gasteiger partial charge >= 0.3 is 0 Å². The molecule has 3 aliphatic rings. The lowest BCUT2D eigenvalue weighted by atomic mass is 10.0. The highest BCUT2D eigenvalue weighted by Crippen LogP contribution is 2.40. The van der Waals surface area contributed by atoms with Gasteiger partial charge in [0.25, 0.3) is 11.8 Å². The average Bonchev–Trinajstić information content (AvgIpc) is 3.54. The summed E-state index contributed by atoms with van der Waals surface area (Å²) in [6, 6.07) is 15.7. The number of ether oxygens (including phenoxy) is 1. The lowest BCUT2D eigenvalue weighted by Gasteiger charge is -2.36. The highest BCUT2D eigenvalue weighted by molar-refractivity contribution is 6.13. The summed E-state index contributed by atoms with van der Waals surface area (Å²) < 4.78 is 5.97. The van der Waals surface area contributed by atoms with E-state index in [9.17, 15) is 9.59 Å². The molecule has 2 fully saturated rings. The predicted octanol–water partition coefficient (Wildman–Crippen LogP) is 5.28. The summed E-state index contributed by atoms with van der Waals surface area (Å²) in [5.41, 5.74) is 4.41. The van der Waals surface area contributed by atoms with Crippen molar-refractivity contribution in [2.24, 2.45) is 0 Å². The number of fused-ring (bicyclic) bond motifs is 2. The van der Waals surface area contributed by atoms with Crippen LogP contribution in [0.3, 0.4) is 0 Å². The Morgan fingerprint density at radius 3 is 2.46 bits per heavy atom. The van der Waals surface area contributed by atoms with E-state index in [0.717, 1.165) is 48.7 Å². The predicted molar refractivity (Wildman–Crippen MR) is 162 cm³/mol. The number of aromatic nitrogens is 1. The number of carbonyl (C=O) groups is 2. The van der Waals surface area contributed by atoms with Gasteiger partial charge in [-0.2, -0.15) is 0 Å². The van der Waals surface area contributed by atoms with Crippen molar-refractivity contribution in [2.75, 3.05) is 62.0 Å². The monoisotopic (exact) mass is 554 g/mol. The third-order valence-corrected chi connectivity index (χ3v) is 8.58. The fraction of sp³-hybridized carbons (Fsp3) is 0.406. The van der Waals surface area contributed by atoms with Crippen molar-refractivity contribution < 1.29 is 14.3 Å². The van der Waals surface area contributed by atoms with E-state index < -0.39 is 0 Å². The van der Waals surface area contributed by atoms with Gasteiger partial charge in [0.05, 0.1) is 41.1 Å². The number of nitrogens with zero attached hydrogens (tertiary/aromatic N) is 5. The summed E-state index contributed by atoms with van der Waals surface area (Å²) in [5, 5.41) is 3.38. The smallest absolute Gasteiger partial charge is 0.260 e. The largest absolute Gasteiger partial charge is 0.492 e. The van der Waals surface area contributed by atoms with Gasteiger partial charge in [0.2, 0.25) is 0 Å². The number of rotatable bonds is 6. The summed E-state index contributed by atoms with van der Waals surface area (Å²) in [7, 11) is 3.72. The minimum absolute atomic E-state index is 0.0496. The molecule has 0 saturated carbocycles. The summed E-state index contributed by atoms with van der Waals surface area (Å²) in [6.07, 6.45) is 6.37. The average molecular weight is 555 g/mol. The van der Waals surface area contributed by atoms with Crippen LogP contribution < -0.4 is 19.9 Å². The van der Waals surface area contributed by atoms with Crippen molar-refractivity contribution in [3.05, 3.63) is 65.9 Å². The first-order valence-corrected chi connectivity index (χ1v) is 14.6. The zero-order valence-electron chi connectivity index (χ0n) is 24.1. The number of carbonyl (C=O) groups excluding carboxylic acids is 2. The quantitative estimate of drug-likeness (QED) is 0.444. The molecule has 0 unspecified atom stereocenters. The zero-order chi connectivity index (χ0) is 28.5. The van der Waals surface area contributed by atoms with Gasteiger partial charge < -0.3 is 29.7 Å². The Labute approximate surface area is 241 Å². The number of hydrogen-bond acceptors (Lipinski definition) is 7. The molecule has 9 heteroatoms. The van der Waals surface area contributed by atoms with Gasteiger partial charge in [-0.15, -0.1) is 0 Å². The van der Waals surface area contributed by atoms with Crippen LogP contribution in [-0.4, -0.2) is 79.5 Å². The van der Waals surface area contributed by atoms with Crippen LogP contribution in [0.2, 0.25) is 0 Å². The fourth-order valence-corrected chi connectivity index (χ4v) is 6.29. The van der Waals surface area contributed by atoms with Gasteiger partial charge in [0.15, 0.2) is 0 Å². The second-order valence-electron chi connectivity index (χ2n) is 11.0. The Morgan fingerprint density at radius 1 is 0.951 bits per heavy atom. The zero-order valence-corrected chi connectivity index (χ0v) is 24.1. The molecular weight excluding hydrogens is 516 g/mol. The molecule has 0 aliphatic carbocycles. The van der Waals surface area contributed by atoms with Gasteiger partial charge in [-0.05, 0) is 76.0 Å². The second-order valence-corrected chi connectivity index (χ2v) is 11.0. The number of benzene rings is 2. The highest BCUT2D eigenvalue weighted by atomic mass is 16.5. The van der Waals surface area contributed by atoms with Crippen LogP contribution in [-0.2, 0) is 0 Å². The molecule has 9 nitrogen and oxygen atoms in total. The number of piperidine rings is 1. The highest BCUT2D eigenvalue weighted by Gasteiger charge is 2.30. The van der Waals surface area contributed by atoms with Crippen molar-refractivity contribution in [2.45, 2.75) is 38.6 Å². The summed E-state index contributed by atoms with van der Waals surface area (Å²) in [5.74, 6) is 1.19. The number of likely N-dealkylation sites (tertiary alicyclic amines) is 2. The summed E-state index contributed by atoms with van der Waals surface area (Å²) >= 11 is 0.